The molecule has 2 amide bonds. The number of hydrogen-bond donors (Lipinski definition) is 6. The van der Waals surface area contributed by atoms with Crippen LogP contribution in [-0.4, -0.2) is 43.4 Å². The normalized spacial score (nSPS) is 11.8. The van der Waals surface area contributed by atoms with Gasteiger partial charge >= 0.3 is 18.2 Å². The highest BCUT2D eigenvalue weighted by atomic mass is 35.5. The van der Waals surface area contributed by atoms with E-state index in [-0.39, 0.29) is 12.4 Å². The van der Waals surface area contributed by atoms with Crippen molar-refractivity contribution in [2.45, 2.75) is 25.2 Å². The van der Waals surface area contributed by atoms with Gasteiger partial charge in [-0.2, -0.15) is 18.3 Å². The van der Waals surface area contributed by atoms with Crippen LogP contribution in [0.1, 0.15) is 23.0 Å². The third kappa shape index (κ3) is 8.23. The van der Waals surface area contributed by atoms with E-state index in [1.165, 1.54) is 12.1 Å². The SMILES string of the molecule is Nc1n[nH]c2cc(-c3nc([C@H](Cc4ccccc4)NC(=O)NCc4cccc(F)c4)[nH]c3Cl)ccc12.O=C(O)C(F)(F)F. The van der Waals surface area contributed by atoms with Gasteiger partial charge in [-0.15, -0.1) is 0 Å². The molecule has 0 fully saturated rings. The molecule has 0 spiro atoms. The van der Waals surface area contributed by atoms with Crippen LogP contribution in [0.25, 0.3) is 22.2 Å². The topological polar surface area (TPSA) is 162 Å². The van der Waals surface area contributed by atoms with Crippen molar-refractivity contribution in [1.82, 2.24) is 30.8 Å². The molecule has 224 valence electrons. The highest BCUT2D eigenvalue weighted by Crippen LogP contribution is 2.31. The van der Waals surface area contributed by atoms with Crippen LogP contribution in [0.3, 0.4) is 0 Å². The molecule has 0 bridgehead atoms. The molecular formula is C28H24ClF4N7O3. The van der Waals surface area contributed by atoms with Gasteiger partial charge in [0.25, 0.3) is 0 Å². The number of rotatable bonds is 7. The number of alkyl halides is 3. The molecule has 5 aromatic rings. The Bertz CT molecular complexity index is 1720. The van der Waals surface area contributed by atoms with E-state index in [4.69, 9.17) is 32.2 Å². The van der Waals surface area contributed by atoms with Gasteiger partial charge in [0.2, 0.25) is 0 Å². The quantitative estimate of drug-likeness (QED) is 0.128. The van der Waals surface area contributed by atoms with E-state index in [1.807, 2.05) is 48.5 Å². The van der Waals surface area contributed by atoms with Crippen LogP contribution >= 0.6 is 11.6 Å². The first-order valence-electron chi connectivity index (χ1n) is 12.5. The maximum atomic E-state index is 13.5. The lowest BCUT2D eigenvalue weighted by Gasteiger charge is -2.17. The van der Waals surface area contributed by atoms with Gasteiger partial charge in [-0.05, 0) is 41.8 Å². The van der Waals surface area contributed by atoms with Crippen molar-refractivity contribution < 1.29 is 32.3 Å². The van der Waals surface area contributed by atoms with E-state index in [9.17, 15) is 22.4 Å². The van der Waals surface area contributed by atoms with Crippen LogP contribution < -0.4 is 16.4 Å². The molecule has 10 nitrogen and oxygen atoms in total. The number of carbonyl (C=O) groups excluding carboxylic acids is 1. The van der Waals surface area contributed by atoms with Crippen LogP contribution in [-0.2, 0) is 17.8 Å². The fourth-order valence-corrected chi connectivity index (χ4v) is 4.27. The Labute approximate surface area is 246 Å². The summed E-state index contributed by atoms with van der Waals surface area (Å²) in [4.78, 5) is 29.5. The molecule has 1 atom stereocenters. The van der Waals surface area contributed by atoms with Crippen molar-refractivity contribution in [3.63, 3.8) is 0 Å². The van der Waals surface area contributed by atoms with E-state index < -0.39 is 24.2 Å². The molecule has 0 radical (unpaired) electrons. The number of anilines is 1. The number of amides is 2. The first-order chi connectivity index (χ1) is 20.4. The number of aromatic amines is 2. The highest BCUT2D eigenvalue weighted by molar-refractivity contribution is 6.32. The number of nitrogens with one attached hydrogen (secondary N) is 4. The van der Waals surface area contributed by atoms with Crippen LogP contribution in [0.4, 0.5) is 28.2 Å². The summed E-state index contributed by atoms with van der Waals surface area (Å²) >= 11 is 6.54. The number of H-pyrrole nitrogens is 2. The molecule has 7 N–H and O–H groups in total. The largest absolute Gasteiger partial charge is 0.490 e. The summed E-state index contributed by atoms with van der Waals surface area (Å²) in [6, 6.07) is 20.5. The van der Waals surface area contributed by atoms with E-state index in [1.54, 1.807) is 12.1 Å². The summed E-state index contributed by atoms with van der Waals surface area (Å²) < 4.78 is 45.2. The average Bonchev–Trinajstić information content (AvgIpc) is 3.54. The number of carboxylic acids is 1. The lowest BCUT2D eigenvalue weighted by molar-refractivity contribution is -0.192. The maximum Gasteiger partial charge on any atom is 0.490 e. The Balaban J connectivity index is 0.000000541. The fraction of sp³-hybridized carbons (Fsp3) is 0.143. The summed E-state index contributed by atoms with van der Waals surface area (Å²) in [6.07, 6.45) is -4.60. The van der Waals surface area contributed by atoms with Gasteiger partial charge in [0, 0.05) is 17.5 Å². The van der Waals surface area contributed by atoms with Crippen molar-refractivity contribution in [2.24, 2.45) is 0 Å². The lowest BCUT2D eigenvalue weighted by Crippen LogP contribution is -2.38. The van der Waals surface area contributed by atoms with Crippen LogP contribution in [0.15, 0.2) is 72.8 Å². The number of halogens is 5. The number of carbonyl (C=O) groups is 2. The molecule has 0 saturated carbocycles. The van der Waals surface area contributed by atoms with Crippen LogP contribution in [0, 0.1) is 5.82 Å². The Hall–Kier alpha value is -5.11. The number of imidazole rings is 1. The summed E-state index contributed by atoms with van der Waals surface area (Å²) in [5.41, 5.74) is 9.62. The number of aromatic nitrogens is 4. The molecule has 15 heteroatoms. The molecule has 5 rings (SSSR count). The van der Waals surface area contributed by atoms with Crippen molar-refractivity contribution >= 4 is 40.3 Å². The van der Waals surface area contributed by atoms with Crippen LogP contribution in [0.2, 0.25) is 5.15 Å². The number of aliphatic carboxylic acids is 1. The van der Waals surface area contributed by atoms with Crippen LogP contribution in [0.5, 0.6) is 0 Å². The van der Waals surface area contributed by atoms with E-state index >= 15 is 0 Å². The van der Waals surface area contributed by atoms with Gasteiger partial charge in [0.05, 0.1) is 11.6 Å². The van der Waals surface area contributed by atoms with Gasteiger partial charge in [0.15, 0.2) is 5.82 Å². The number of hydrogen-bond acceptors (Lipinski definition) is 5. The van der Waals surface area contributed by atoms with Crippen molar-refractivity contribution in [1.29, 1.82) is 0 Å². The summed E-state index contributed by atoms with van der Waals surface area (Å²) in [5, 5.41) is 20.9. The second-order valence-corrected chi connectivity index (χ2v) is 9.53. The predicted molar refractivity (Wildman–Crippen MR) is 151 cm³/mol. The first-order valence-corrected chi connectivity index (χ1v) is 12.9. The van der Waals surface area contributed by atoms with Gasteiger partial charge in [0.1, 0.15) is 22.5 Å². The first kappa shape index (κ1) is 30.8. The molecule has 43 heavy (non-hydrogen) atoms. The molecule has 2 heterocycles. The van der Waals surface area contributed by atoms with E-state index in [0.29, 0.717) is 34.5 Å². The monoisotopic (exact) mass is 617 g/mol. The number of carboxylic acid groups (broad SMARTS) is 1. The molecular weight excluding hydrogens is 594 g/mol. The Kier molecular flexibility index (Phi) is 9.50. The molecule has 3 aromatic carbocycles. The summed E-state index contributed by atoms with van der Waals surface area (Å²) in [5.74, 6) is -2.19. The molecule has 0 unspecified atom stereocenters. The Morgan fingerprint density at radius 3 is 2.40 bits per heavy atom. The zero-order valence-corrected chi connectivity index (χ0v) is 22.8. The van der Waals surface area contributed by atoms with Gasteiger partial charge in [-0.1, -0.05) is 60.1 Å². The fourth-order valence-electron chi connectivity index (χ4n) is 4.02. The number of fused-ring (bicyclic) bond motifs is 1. The second-order valence-electron chi connectivity index (χ2n) is 9.16. The minimum Gasteiger partial charge on any atom is -0.475 e. The molecule has 0 aliphatic rings. The lowest BCUT2D eigenvalue weighted by atomic mass is 10.1. The molecule has 0 aliphatic heterocycles. The number of nitrogens with two attached hydrogens (primary N) is 1. The third-order valence-electron chi connectivity index (χ3n) is 6.05. The zero-order valence-electron chi connectivity index (χ0n) is 22.0. The highest BCUT2D eigenvalue weighted by Gasteiger charge is 2.38. The van der Waals surface area contributed by atoms with Gasteiger partial charge < -0.3 is 26.5 Å². The number of benzene rings is 3. The average molecular weight is 618 g/mol. The van der Waals surface area contributed by atoms with Gasteiger partial charge in [-0.25, -0.2) is 19.0 Å². The Morgan fingerprint density at radius 2 is 1.72 bits per heavy atom. The van der Waals surface area contributed by atoms with E-state index in [0.717, 1.165) is 22.0 Å². The summed E-state index contributed by atoms with van der Waals surface area (Å²) in [7, 11) is 0. The second kappa shape index (κ2) is 13.2. The molecule has 0 aliphatic carbocycles. The minimum absolute atomic E-state index is 0.180. The number of urea groups is 1. The van der Waals surface area contributed by atoms with E-state index in [2.05, 4.69) is 25.8 Å². The number of nitrogens with zero attached hydrogens (tertiary/aromatic N) is 2. The van der Waals surface area contributed by atoms with Crippen molar-refractivity contribution in [3.05, 3.63) is 101 Å². The van der Waals surface area contributed by atoms with Crippen molar-refractivity contribution in [3.8, 4) is 11.3 Å². The standard InChI is InChI=1S/C26H23ClFN7O.C2HF3O2/c27-23-22(17-9-10-19-20(13-17)34-35-24(19)29)32-25(33-23)21(12-15-5-2-1-3-6-15)31-26(36)30-14-16-7-4-8-18(28)11-16;3-2(4,5)1(6)7/h1-11,13,21H,12,14H2,(H,32,33)(H3,29,34,35)(H2,30,31,36);(H,6,7)/t21-;/m0./s1. The zero-order chi connectivity index (χ0) is 31.1. The minimum atomic E-state index is -5.08. The van der Waals surface area contributed by atoms with Crippen molar-refractivity contribution in [2.75, 3.05) is 5.73 Å². The smallest absolute Gasteiger partial charge is 0.475 e. The third-order valence-corrected chi connectivity index (χ3v) is 6.32. The molecule has 2 aromatic heterocycles. The molecule has 0 saturated heterocycles. The summed E-state index contributed by atoms with van der Waals surface area (Å²) in [6.45, 7) is 0.180. The number of nitrogen functional groups attached to an aromatic ring is 1. The maximum absolute atomic E-state index is 13.5. The Morgan fingerprint density at radius 1 is 1.02 bits per heavy atom. The predicted octanol–water partition coefficient (Wildman–Crippen LogP) is 5.74. The van der Waals surface area contributed by atoms with Gasteiger partial charge in [-0.3, -0.25) is 5.10 Å².